The molecule has 2 heterocycles. The summed E-state index contributed by atoms with van der Waals surface area (Å²) in [5.41, 5.74) is 1.70. The van der Waals surface area contributed by atoms with Crippen LogP contribution in [0, 0.1) is 0 Å². The van der Waals surface area contributed by atoms with Crippen molar-refractivity contribution in [2.24, 2.45) is 0 Å². The molecule has 3 aromatic rings. The van der Waals surface area contributed by atoms with Gasteiger partial charge in [0.05, 0.1) is 5.69 Å². The number of aryl methyl sites for hydroxylation is 1. The highest BCUT2D eigenvalue weighted by Crippen LogP contribution is 2.17. The highest BCUT2D eigenvalue weighted by Gasteiger charge is 2.20. The Labute approximate surface area is 124 Å². The summed E-state index contributed by atoms with van der Waals surface area (Å²) >= 11 is 1.39. The Morgan fingerprint density at radius 3 is 2.71 bits per heavy atom. The molecule has 0 saturated heterocycles. The van der Waals surface area contributed by atoms with Crippen LogP contribution in [0.4, 0.5) is 0 Å². The predicted molar refractivity (Wildman–Crippen MR) is 77.8 cm³/mol. The van der Waals surface area contributed by atoms with Crippen molar-refractivity contribution in [3.8, 4) is 5.13 Å². The van der Waals surface area contributed by atoms with Crippen LogP contribution in [-0.2, 0) is 12.8 Å². The molecule has 21 heavy (non-hydrogen) atoms. The maximum Gasteiger partial charge on any atom is 0.358 e. The van der Waals surface area contributed by atoms with Gasteiger partial charge < -0.3 is 5.11 Å². The number of carboxylic acid groups (broad SMARTS) is 1. The van der Waals surface area contributed by atoms with E-state index >= 15 is 0 Å². The Balaban J connectivity index is 1.92. The van der Waals surface area contributed by atoms with Gasteiger partial charge in [-0.25, -0.2) is 9.78 Å². The first-order valence-electron chi connectivity index (χ1n) is 6.37. The summed E-state index contributed by atoms with van der Waals surface area (Å²) in [6.07, 6.45) is 2.92. The van der Waals surface area contributed by atoms with Gasteiger partial charge in [0.2, 0.25) is 5.13 Å². The second-order valence-corrected chi connectivity index (χ2v) is 5.27. The second kappa shape index (κ2) is 5.84. The van der Waals surface area contributed by atoms with E-state index in [2.05, 4.69) is 15.3 Å². The van der Waals surface area contributed by atoms with Crippen LogP contribution in [0.5, 0.6) is 0 Å². The first-order valence-corrected chi connectivity index (χ1v) is 7.25. The minimum Gasteiger partial charge on any atom is -0.476 e. The van der Waals surface area contributed by atoms with E-state index < -0.39 is 5.97 Å². The zero-order valence-corrected chi connectivity index (χ0v) is 11.8. The van der Waals surface area contributed by atoms with Gasteiger partial charge >= 0.3 is 5.97 Å². The Bertz CT molecular complexity index is 738. The van der Waals surface area contributed by atoms with E-state index in [1.165, 1.54) is 16.0 Å². The maximum atomic E-state index is 11.3. The Kier molecular flexibility index (Phi) is 3.74. The van der Waals surface area contributed by atoms with Crippen LogP contribution in [-0.4, -0.2) is 31.1 Å². The summed E-state index contributed by atoms with van der Waals surface area (Å²) < 4.78 is 1.51. The van der Waals surface area contributed by atoms with Gasteiger partial charge in [-0.05, 0) is 18.4 Å². The molecule has 0 unspecified atom stereocenters. The molecule has 0 aliphatic heterocycles. The number of aromatic carboxylic acids is 1. The molecule has 0 atom stereocenters. The fourth-order valence-corrected chi connectivity index (χ4v) is 2.69. The monoisotopic (exact) mass is 300 g/mol. The number of nitrogens with zero attached hydrogens (tertiary/aromatic N) is 4. The van der Waals surface area contributed by atoms with Crippen molar-refractivity contribution >= 4 is 17.3 Å². The normalized spacial score (nSPS) is 10.7. The van der Waals surface area contributed by atoms with Crippen molar-refractivity contribution < 1.29 is 9.90 Å². The fourth-order valence-electron chi connectivity index (χ4n) is 2.07. The zero-order valence-electron chi connectivity index (χ0n) is 11.0. The number of hydrogen-bond acceptors (Lipinski definition) is 5. The van der Waals surface area contributed by atoms with E-state index in [0.29, 0.717) is 17.2 Å². The summed E-state index contributed by atoms with van der Waals surface area (Å²) in [4.78, 5) is 15.4. The molecule has 0 bridgehead atoms. The largest absolute Gasteiger partial charge is 0.476 e. The Morgan fingerprint density at radius 2 is 2.05 bits per heavy atom. The Hall–Kier alpha value is -2.54. The van der Waals surface area contributed by atoms with E-state index in [0.717, 1.165) is 12.0 Å². The zero-order chi connectivity index (χ0) is 14.7. The van der Waals surface area contributed by atoms with Gasteiger partial charge in [0.25, 0.3) is 0 Å². The third-order valence-electron chi connectivity index (χ3n) is 3.06. The molecule has 1 N–H and O–H groups in total. The summed E-state index contributed by atoms with van der Waals surface area (Å²) in [6, 6.07) is 9.90. The van der Waals surface area contributed by atoms with Crippen LogP contribution in [0.15, 0.2) is 41.9 Å². The molecular formula is C14H12N4O2S. The van der Waals surface area contributed by atoms with Crippen LogP contribution in [0.1, 0.15) is 21.7 Å². The molecule has 3 rings (SSSR count). The molecule has 0 amide bonds. The molecule has 7 heteroatoms. The van der Waals surface area contributed by atoms with Gasteiger partial charge in [0.15, 0.2) is 5.69 Å². The molecule has 6 nitrogen and oxygen atoms in total. The lowest BCUT2D eigenvalue weighted by Crippen LogP contribution is -2.08. The first kappa shape index (κ1) is 13.4. The van der Waals surface area contributed by atoms with E-state index in [1.54, 1.807) is 6.20 Å². The lowest BCUT2D eigenvalue weighted by atomic mass is 10.1. The number of benzene rings is 1. The van der Waals surface area contributed by atoms with E-state index in [9.17, 15) is 9.90 Å². The van der Waals surface area contributed by atoms with Gasteiger partial charge in [-0.2, -0.15) is 4.68 Å². The summed E-state index contributed by atoms with van der Waals surface area (Å²) in [6.45, 7) is 0. The smallest absolute Gasteiger partial charge is 0.358 e. The van der Waals surface area contributed by atoms with Crippen LogP contribution in [0.2, 0.25) is 0 Å². The predicted octanol–water partition coefficient (Wildman–Crippen LogP) is 2.21. The molecular weight excluding hydrogens is 288 g/mol. The van der Waals surface area contributed by atoms with Crippen molar-refractivity contribution in [3.63, 3.8) is 0 Å². The molecule has 0 spiro atoms. The quantitative estimate of drug-likeness (QED) is 0.781. The summed E-state index contributed by atoms with van der Waals surface area (Å²) in [5.74, 6) is -1.07. The van der Waals surface area contributed by atoms with E-state index in [1.807, 2.05) is 35.7 Å². The first-order chi connectivity index (χ1) is 10.3. The van der Waals surface area contributed by atoms with Gasteiger partial charge in [0.1, 0.15) is 0 Å². The van der Waals surface area contributed by atoms with Gasteiger partial charge in [0, 0.05) is 11.6 Å². The number of thiazole rings is 1. The van der Waals surface area contributed by atoms with Crippen molar-refractivity contribution in [3.05, 3.63) is 58.9 Å². The van der Waals surface area contributed by atoms with Crippen LogP contribution in [0.25, 0.3) is 5.13 Å². The molecule has 0 aliphatic carbocycles. The van der Waals surface area contributed by atoms with Crippen molar-refractivity contribution in [1.29, 1.82) is 0 Å². The molecule has 0 radical (unpaired) electrons. The molecule has 1 aromatic carbocycles. The molecule has 106 valence electrons. The lowest BCUT2D eigenvalue weighted by Gasteiger charge is -2.04. The minimum atomic E-state index is -1.07. The number of hydrogen-bond donors (Lipinski definition) is 1. The average Bonchev–Trinajstić information content (AvgIpc) is 3.15. The van der Waals surface area contributed by atoms with E-state index in [-0.39, 0.29) is 5.69 Å². The topological polar surface area (TPSA) is 80.9 Å². The van der Waals surface area contributed by atoms with Gasteiger partial charge in [-0.15, -0.1) is 16.4 Å². The number of carboxylic acids is 1. The molecule has 2 aromatic heterocycles. The van der Waals surface area contributed by atoms with Gasteiger partial charge in [-0.3, -0.25) is 0 Å². The second-order valence-electron chi connectivity index (χ2n) is 4.40. The SMILES string of the molecule is O=C(O)c1nnn(-c2nccs2)c1CCc1ccccc1. The van der Waals surface area contributed by atoms with Gasteiger partial charge in [-0.1, -0.05) is 35.5 Å². The minimum absolute atomic E-state index is 0.0128. The summed E-state index contributed by atoms with van der Waals surface area (Å²) in [5, 5.41) is 19.4. The average molecular weight is 300 g/mol. The van der Waals surface area contributed by atoms with Crippen LogP contribution >= 0.6 is 11.3 Å². The highest BCUT2D eigenvalue weighted by molar-refractivity contribution is 7.12. The molecule has 0 aliphatic rings. The van der Waals surface area contributed by atoms with Crippen LogP contribution < -0.4 is 0 Å². The maximum absolute atomic E-state index is 11.3. The molecule has 0 saturated carbocycles. The fraction of sp³-hybridized carbons (Fsp3) is 0.143. The number of aromatic nitrogens is 4. The van der Waals surface area contributed by atoms with Crippen LogP contribution in [0.3, 0.4) is 0 Å². The van der Waals surface area contributed by atoms with Crippen molar-refractivity contribution in [2.75, 3.05) is 0 Å². The number of carbonyl (C=O) groups is 1. The molecule has 0 fully saturated rings. The summed E-state index contributed by atoms with van der Waals surface area (Å²) in [7, 11) is 0. The highest BCUT2D eigenvalue weighted by atomic mass is 32.1. The third kappa shape index (κ3) is 2.82. The van der Waals surface area contributed by atoms with Crippen molar-refractivity contribution in [2.45, 2.75) is 12.8 Å². The Morgan fingerprint density at radius 1 is 1.24 bits per heavy atom. The third-order valence-corrected chi connectivity index (χ3v) is 3.81. The standard InChI is InChI=1S/C14H12N4O2S/c19-13(20)12-11(7-6-10-4-2-1-3-5-10)18(17-16-12)14-15-8-9-21-14/h1-5,8-9H,6-7H2,(H,19,20). The van der Waals surface area contributed by atoms with Crippen molar-refractivity contribution in [1.82, 2.24) is 20.0 Å². The van der Waals surface area contributed by atoms with E-state index in [4.69, 9.17) is 0 Å². The lowest BCUT2D eigenvalue weighted by molar-refractivity contribution is 0.0689. The number of rotatable bonds is 5.